The average Bonchev–Trinajstić information content (AvgIpc) is 3.28. The van der Waals surface area contributed by atoms with Gasteiger partial charge in [0.25, 0.3) is 5.56 Å². The highest BCUT2D eigenvalue weighted by molar-refractivity contribution is 6.00. The maximum atomic E-state index is 12.0. The highest BCUT2D eigenvalue weighted by Gasteiger charge is 2.23. The third kappa shape index (κ3) is 2.86. The molecule has 1 aromatic carbocycles. The maximum Gasteiger partial charge on any atom is 0.331 e. The van der Waals surface area contributed by atoms with Gasteiger partial charge < -0.3 is 5.11 Å². The first-order chi connectivity index (χ1) is 10.6. The predicted molar refractivity (Wildman–Crippen MR) is 83.8 cm³/mol. The molecule has 0 amide bonds. The van der Waals surface area contributed by atoms with Gasteiger partial charge in [0.2, 0.25) is 5.88 Å². The number of aromatic nitrogens is 2. The Morgan fingerprint density at radius 3 is 2.64 bits per heavy atom. The number of aromatic amines is 1. The molecule has 0 radical (unpaired) electrons. The van der Waals surface area contributed by atoms with Crippen molar-refractivity contribution in [1.82, 2.24) is 9.55 Å². The van der Waals surface area contributed by atoms with Crippen LogP contribution >= 0.6 is 0 Å². The molecule has 1 aromatic heterocycles. The van der Waals surface area contributed by atoms with Gasteiger partial charge >= 0.3 is 5.69 Å². The van der Waals surface area contributed by atoms with Crippen LogP contribution in [0.3, 0.4) is 0 Å². The first kappa shape index (κ1) is 14.3. The van der Waals surface area contributed by atoms with Crippen LogP contribution in [-0.2, 0) is 6.54 Å². The van der Waals surface area contributed by atoms with Crippen LogP contribution in [0.25, 0.3) is 0 Å². The number of hydrogen-bond acceptors (Lipinski definition) is 4. The van der Waals surface area contributed by atoms with Crippen molar-refractivity contribution >= 4 is 5.71 Å². The zero-order valence-electron chi connectivity index (χ0n) is 12.2. The van der Waals surface area contributed by atoms with Gasteiger partial charge in [-0.25, -0.2) is 4.79 Å². The zero-order chi connectivity index (χ0) is 15.7. The Balaban J connectivity index is 2.07. The molecule has 0 saturated heterocycles. The first-order valence-corrected chi connectivity index (χ1v) is 7.21. The Labute approximate surface area is 126 Å². The van der Waals surface area contributed by atoms with Gasteiger partial charge in [0, 0.05) is 0 Å². The van der Waals surface area contributed by atoms with Crippen molar-refractivity contribution in [2.75, 3.05) is 0 Å². The second-order valence-electron chi connectivity index (χ2n) is 5.48. The monoisotopic (exact) mass is 299 g/mol. The van der Waals surface area contributed by atoms with Crippen LogP contribution < -0.4 is 11.2 Å². The minimum absolute atomic E-state index is 0.0717. The van der Waals surface area contributed by atoms with Crippen LogP contribution in [0.4, 0.5) is 0 Å². The van der Waals surface area contributed by atoms with Gasteiger partial charge in [-0.05, 0) is 25.3 Å². The van der Waals surface area contributed by atoms with E-state index in [1.165, 1.54) is 0 Å². The molecular weight excluding hydrogens is 282 g/mol. The van der Waals surface area contributed by atoms with E-state index in [2.05, 4.69) is 9.98 Å². The molecule has 1 fully saturated rings. The summed E-state index contributed by atoms with van der Waals surface area (Å²) < 4.78 is 1.15. The molecule has 0 aliphatic heterocycles. The van der Waals surface area contributed by atoms with Crippen molar-refractivity contribution in [1.29, 1.82) is 0 Å². The summed E-state index contributed by atoms with van der Waals surface area (Å²) in [5, 5.41) is 10.4. The molecule has 0 unspecified atom stereocenters. The van der Waals surface area contributed by atoms with E-state index in [0.29, 0.717) is 5.71 Å². The normalized spacial score (nSPS) is 15.0. The van der Waals surface area contributed by atoms with E-state index in [0.717, 1.165) is 23.0 Å². The fourth-order valence-electron chi connectivity index (χ4n) is 2.34. The topological polar surface area (TPSA) is 87.4 Å². The van der Waals surface area contributed by atoms with Crippen LogP contribution in [0.2, 0.25) is 0 Å². The fraction of sp³-hybridized carbons (Fsp3) is 0.312. The number of benzene rings is 1. The zero-order valence-corrected chi connectivity index (χ0v) is 12.2. The van der Waals surface area contributed by atoms with E-state index in [1.807, 2.05) is 30.3 Å². The van der Waals surface area contributed by atoms with Gasteiger partial charge in [-0.15, -0.1) is 0 Å². The summed E-state index contributed by atoms with van der Waals surface area (Å²) in [5.41, 5.74) is 0.156. The van der Waals surface area contributed by atoms with E-state index in [9.17, 15) is 14.7 Å². The number of nitrogens with one attached hydrogen (secondary N) is 1. The Morgan fingerprint density at radius 2 is 2.00 bits per heavy atom. The molecule has 6 heteroatoms. The summed E-state index contributed by atoms with van der Waals surface area (Å²) in [6.45, 7) is 1.87. The van der Waals surface area contributed by atoms with E-state index in [-0.39, 0.29) is 24.0 Å². The minimum Gasteiger partial charge on any atom is -0.494 e. The van der Waals surface area contributed by atoms with Crippen molar-refractivity contribution in [2.45, 2.75) is 32.4 Å². The highest BCUT2D eigenvalue weighted by atomic mass is 16.3. The molecule has 22 heavy (non-hydrogen) atoms. The Morgan fingerprint density at radius 1 is 1.32 bits per heavy atom. The summed E-state index contributed by atoms with van der Waals surface area (Å²) in [7, 11) is 0. The summed E-state index contributed by atoms with van der Waals surface area (Å²) >= 11 is 0. The van der Waals surface area contributed by atoms with Crippen LogP contribution in [0.5, 0.6) is 5.88 Å². The number of aromatic hydroxyl groups is 1. The van der Waals surface area contributed by atoms with Gasteiger partial charge in [0.15, 0.2) is 0 Å². The molecule has 1 aliphatic rings. The Kier molecular flexibility index (Phi) is 3.66. The first-order valence-electron chi connectivity index (χ1n) is 7.21. The lowest BCUT2D eigenvalue weighted by Crippen LogP contribution is -2.33. The number of hydrogen-bond donors (Lipinski definition) is 2. The summed E-state index contributed by atoms with van der Waals surface area (Å²) in [5.74, 6) is -0.334. The molecule has 0 atom stereocenters. The third-order valence-electron chi connectivity index (χ3n) is 3.64. The SMILES string of the molecule is CC(=NC1CC1)c1c(O)n(Cc2ccccc2)c(=O)[nH]c1=O. The molecule has 6 nitrogen and oxygen atoms in total. The molecule has 0 spiro atoms. The van der Waals surface area contributed by atoms with Crippen molar-refractivity contribution in [3.8, 4) is 5.88 Å². The van der Waals surface area contributed by atoms with Gasteiger partial charge in [0.05, 0.1) is 18.3 Å². The number of nitrogens with zero attached hydrogens (tertiary/aromatic N) is 2. The van der Waals surface area contributed by atoms with Gasteiger partial charge in [-0.3, -0.25) is 19.3 Å². The second-order valence-corrected chi connectivity index (χ2v) is 5.48. The molecule has 1 heterocycles. The molecule has 3 rings (SSSR count). The molecule has 114 valence electrons. The number of aliphatic imine (C=N–C) groups is 1. The van der Waals surface area contributed by atoms with E-state index >= 15 is 0 Å². The van der Waals surface area contributed by atoms with Crippen LogP contribution in [-0.4, -0.2) is 26.4 Å². The summed E-state index contributed by atoms with van der Waals surface area (Å²) in [6, 6.07) is 9.50. The van der Waals surface area contributed by atoms with Crippen molar-refractivity contribution < 1.29 is 5.11 Å². The fourth-order valence-corrected chi connectivity index (χ4v) is 2.34. The second kappa shape index (κ2) is 5.63. The minimum atomic E-state index is -0.630. The lowest BCUT2D eigenvalue weighted by Gasteiger charge is -2.11. The largest absolute Gasteiger partial charge is 0.494 e. The average molecular weight is 299 g/mol. The molecular formula is C16H17N3O3. The van der Waals surface area contributed by atoms with Crippen molar-refractivity contribution in [2.24, 2.45) is 4.99 Å². The third-order valence-corrected chi connectivity index (χ3v) is 3.64. The Hall–Kier alpha value is -2.63. The highest BCUT2D eigenvalue weighted by Crippen LogP contribution is 2.25. The smallest absolute Gasteiger partial charge is 0.331 e. The lowest BCUT2D eigenvalue weighted by atomic mass is 10.2. The number of rotatable bonds is 4. The molecule has 2 N–H and O–H groups in total. The van der Waals surface area contributed by atoms with Crippen LogP contribution in [0, 0.1) is 0 Å². The van der Waals surface area contributed by atoms with Crippen LogP contribution in [0.1, 0.15) is 30.9 Å². The number of H-pyrrole nitrogens is 1. The quantitative estimate of drug-likeness (QED) is 0.833. The molecule has 1 saturated carbocycles. The molecule has 0 bridgehead atoms. The van der Waals surface area contributed by atoms with Crippen molar-refractivity contribution in [3.63, 3.8) is 0 Å². The Bertz CT molecular complexity index is 830. The van der Waals surface area contributed by atoms with Gasteiger partial charge in [0.1, 0.15) is 5.56 Å². The van der Waals surface area contributed by atoms with Gasteiger partial charge in [-0.1, -0.05) is 30.3 Å². The predicted octanol–water partition coefficient (Wildman–Crippen LogP) is 1.26. The summed E-state index contributed by atoms with van der Waals surface area (Å²) in [4.78, 5) is 30.6. The van der Waals surface area contributed by atoms with Gasteiger partial charge in [-0.2, -0.15) is 0 Å². The van der Waals surface area contributed by atoms with E-state index < -0.39 is 11.2 Å². The van der Waals surface area contributed by atoms with E-state index in [4.69, 9.17) is 0 Å². The molecule has 2 aromatic rings. The molecule has 1 aliphatic carbocycles. The van der Waals surface area contributed by atoms with Crippen LogP contribution in [0.15, 0.2) is 44.9 Å². The lowest BCUT2D eigenvalue weighted by molar-refractivity contribution is 0.408. The maximum absolute atomic E-state index is 12.0. The summed E-state index contributed by atoms with van der Waals surface area (Å²) in [6.07, 6.45) is 2.00. The van der Waals surface area contributed by atoms with E-state index in [1.54, 1.807) is 6.92 Å². The standard InChI is InChI=1S/C16H17N3O3/c1-10(17-12-7-8-12)13-14(20)18-16(22)19(15(13)21)9-11-5-3-2-4-6-11/h2-6,12,21H,7-9H2,1H3,(H,18,20,22). The van der Waals surface area contributed by atoms with Crippen molar-refractivity contribution in [3.05, 3.63) is 62.3 Å².